The molecule has 0 amide bonds. The first-order valence-corrected chi connectivity index (χ1v) is 8.84. The molecule has 0 radical (unpaired) electrons. The molecule has 4 aromatic rings. The van der Waals surface area contributed by atoms with E-state index in [4.69, 9.17) is 23.2 Å². The van der Waals surface area contributed by atoms with Crippen LogP contribution in [0.25, 0.3) is 10.2 Å². The van der Waals surface area contributed by atoms with Crippen LogP contribution in [0.5, 0.6) is 0 Å². The molecule has 0 spiro atoms. The Morgan fingerprint density at radius 1 is 0.840 bits per heavy atom. The highest BCUT2D eigenvalue weighted by Crippen LogP contribution is 2.24. The van der Waals surface area contributed by atoms with Crippen LogP contribution in [0.1, 0.15) is 0 Å². The van der Waals surface area contributed by atoms with Gasteiger partial charge in [0.15, 0.2) is 0 Å². The van der Waals surface area contributed by atoms with Gasteiger partial charge in [-0.2, -0.15) is 15.0 Å². The number of anilines is 4. The van der Waals surface area contributed by atoms with Crippen molar-refractivity contribution in [1.82, 2.24) is 19.9 Å². The fraction of sp³-hybridized carbons (Fsp3) is 0. The van der Waals surface area contributed by atoms with E-state index in [0.29, 0.717) is 16.9 Å². The molecule has 0 saturated heterocycles. The molecule has 0 bridgehead atoms. The zero-order valence-electron chi connectivity index (χ0n) is 12.6. The molecule has 0 saturated carbocycles. The Balaban J connectivity index is 1.60. The SMILES string of the molecule is Clc1cccc(Nc2nc(Cl)nc(Nc3ccc4ncsc4c3)n2)c1. The Kier molecular flexibility index (Phi) is 4.35. The third kappa shape index (κ3) is 3.79. The quantitative estimate of drug-likeness (QED) is 0.495. The second-order valence-corrected chi connectivity index (χ2v) is 6.71. The first kappa shape index (κ1) is 16.0. The molecule has 6 nitrogen and oxygen atoms in total. The summed E-state index contributed by atoms with van der Waals surface area (Å²) < 4.78 is 1.07. The Hall–Kier alpha value is -2.48. The zero-order chi connectivity index (χ0) is 17.2. The Morgan fingerprint density at radius 3 is 2.36 bits per heavy atom. The Labute approximate surface area is 156 Å². The van der Waals surface area contributed by atoms with Gasteiger partial charge in [0.1, 0.15) is 0 Å². The highest BCUT2D eigenvalue weighted by Gasteiger charge is 2.07. The average Bonchev–Trinajstić information content (AvgIpc) is 3.02. The predicted molar refractivity (Wildman–Crippen MR) is 102 cm³/mol. The second-order valence-electron chi connectivity index (χ2n) is 5.05. The minimum Gasteiger partial charge on any atom is -0.324 e. The van der Waals surface area contributed by atoms with E-state index in [-0.39, 0.29) is 5.28 Å². The van der Waals surface area contributed by atoms with Crippen molar-refractivity contribution in [2.24, 2.45) is 0 Å². The summed E-state index contributed by atoms with van der Waals surface area (Å²) in [6, 6.07) is 13.1. The van der Waals surface area contributed by atoms with E-state index in [9.17, 15) is 0 Å². The number of fused-ring (bicyclic) bond motifs is 1. The van der Waals surface area contributed by atoms with Gasteiger partial charge in [-0.05, 0) is 48.0 Å². The number of benzene rings is 2. The molecule has 0 aliphatic rings. The predicted octanol–water partition coefficient (Wildman–Crippen LogP) is 5.28. The van der Waals surface area contributed by atoms with Crippen molar-refractivity contribution >= 4 is 68.0 Å². The number of hydrogen-bond acceptors (Lipinski definition) is 7. The van der Waals surface area contributed by atoms with E-state index >= 15 is 0 Å². The summed E-state index contributed by atoms with van der Waals surface area (Å²) in [7, 11) is 0. The van der Waals surface area contributed by atoms with Crippen LogP contribution in [-0.4, -0.2) is 19.9 Å². The highest BCUT2D eigenvalue weighted by atomic mass is 35.5. The molecule has 0 aliphatic heterocycles. The van der Waals surface area contributed by atoms with Crippen LogP contribution in [0.2, 0.25) is 10.3 Å². The maximum Gasteiger partial charge on any atom is 0.233 e. The van der Waals surface area contributed by atoms with Gasteiger partial charge >= 0.3 is 0 Å². The summed E-state index contributed by atoms with van der Waals surface area (Å²) >= 11 is 13.6. The maximum atomic E-state index is 6.02. The molecule has 124 valence electrons. The second kappa shape index (κ2) is 6.79. The third-order valence-corrected chi connectivity index (χ3v) is 4.47. The van der Waals surface area contributed by atoms with E-state index < -0.39 is 0 Å². The molecule has 4 rings (SSSR count). The molecule has 25 heavy (non-hydrogen) atoms. The van der Waals surface area contributed by atoms with Gasteiger partial charge in [-0.3, -0.25) is 0 Å². The molecule has 2 aromatic carbocycles. The number of rotatable bonds is 4. The van der Waals surface area contributed by atoms with Gasteiger partial charge in [-0.1, -0.05) is 17.7 Å². The fourth-order valence-electron chi connectivity index (χ4n) is 2.22. The number of thiazole rings is 1. The standard InChI is InChI=1S/C16H10Cl2N6S/c17-9-2-1-3-10(6-9)20-15-22-14(18)23-16(24-15)21-11-4-5-12-13(7-11)25-8-19-12/h1-8H,(H2,20,21,22,23,24). The molecule has 0 atom stereocenters. The molecule has 2 N–H and O–H groups in total. The van der Waals surface area contributed by atoms with Crippen LogP contribution in [0.15, 0.2) is 48.0 Å². The van der Waals surface area contributed by atoms with Crippen LogP contribution in [0.3, 0.4) is 0 Å². The van der Waals surface area contributed by atoms with Crippen LogP contribution in [-0.2, 0) is 0 Å². The van der Waals surface area contributed by atoms with Crippen LogP contribution >= 0.6 is 34.5 Å². The first-order valence-electron chi connectivity index (χ1n) is 7.20. The molecule has 0 unspecified atom stereocenters. The van der Waals surface area contributed by atoms with Crippen molar-refractivity contribution in [1.29, 1.82) is 0 Å². The van der Waals surface area contributed by atoms with Crippen molar-refractivity contribution in [2.45, 2.75) is 0 Å². The monoisotopic (exact) mass is 388 g/mol. The van der Waals surface area contributed by atoms with E-state index in [1.165, 1.54) is 0 Å². The van der Waals surface area contributed by atoms with Gasteiger partial charge < -0.3 is 10.6 Å². The normalized spacial score (nSPS) is 10.8. The molecule has 2 aromatic heterocycles. The number of halogens is 2. The van der Waals surface area contributed by atoms with E-state index in [2.05, 4.69) is 30.6 Å². The number of nitrogens with one attached hydrogen (secondary N) is 2. The Bertz CT molecular complexity index is 1050. The largest absolute Gasteiger partial charge is 0.324 e. The van der Waals surface area contributed by atoms with Crippen molar-refractivity contribution in [3.63, 3.8) is 0 Å². The maximum absolute atomic E-state index is 6.02. The molecule has 2 heterocycles. The lowest BCUT2D eigenvalue weighted by Gasteiger charge is -2.08. The average molecular weight is 389 g/mol. The smallest absolute Gasteiger partial charge is 0.233 e. The summed E-state index contributed by atoms with van der Waals surface area (Å²) in [6.07, 6.45) is 0. The lowest BCUT2D eigenvalue weighted by Crippen LogP contribution is -2.04. The summed E-state index contributed by atoms with van der Waals surface area (Å²) in [5.74, 6) is 0.664. The highest BCUT2D eigenvalue weighted by molar-refractivity contribution is 7.16. The van der Waals surface area contributed by atoms with Crippen molar-refractivity contribution in [3.8, 4) is 0 Å². The van der Waals surface area contributed by atoms with Crippen LogP contribution < -0.4 is 10.6 Å². The van der Waals surface area contributed by atoms with E-state index in [0.717, 1.165) is 21.6 Å². The molecule has 0 aliphatic carbocycles. The summed E-state index contributed by atoms with van der Waals surface area (Å²) in [6.45, 7) is 0. The number of hydrogen-bond donors (Lipinski definition) is 2. The summed E-state index contributed by atoms with van der Waals surface area (Å²) in [5.41, 5.74) is 4.36. The molecular formula is C16H10Cl2N6S. The van der Waals surface area contributed by atoms with Crippen molar-refractivity contribution in [2.75, 3.05) is 10.6 Å². The third-order valence-electron chi connectivity index (χ3n) is 3.28. The lowest BCUT2D eigenvalue weighted by atomic mass is 10.3. The summed E-state index contributed by atoms with van der Waals surface area (Å²) in [4.78, 5) is 16.8. The van der Waals surface area contributed by atoms with Crippen molar-refractivity contribution < 1.29 is 0 Å². The first-order chi connectivity index (χ1) is 12.2. The lowest BCUT2D eigenvalue weighted by molar-refractivity contribution is 1.06. The van der Waals surface area contributed by atoms with E-state index in [1.807, 2.05) is 30.3 Å². The fourth-order valence-corrected chi connectivity index (χ4v) is 3.29. The van der Waals surface area contributed by atoms with Gasteiger partial charge in [-0.15, -0.1) is 11.3 Å². The minimum absolute atomic E-state index is 0.0842. The van der Waals surface area contributed by atoms with Crippen molar-refractivity contribution in [3.05, 3.63) is 58.3 Å². The number of nitrogens with zero attached hydrogens (tertiary/aromatic N) is 4. The molecular weight excluding hydrogens is 379 g/mol. The van der Waals surface area contributed by atoms with Crippen LogP contribution in [0, 0.1) is 0 Å². The Morgan fingerprint density at radius 2 is 1.60 bits per heavy atom. The molecule has 0 fully saturated rings. The minimum atomic E-state index is 0.0842. The summed E-state index contributed by atoms with van der Waals surface area (Å²) in [5, 5.41) is 6.89. The van der Waals surface area contributed by atoms with Gasteiger partial charge in [0, 0.05) is 16.4 Å². The van der Waals surface area contributed by atoms with Crippen LogP contribution in [0.4, 0.5) is 23.3 Å². The van der Waals surface area contributed by atoms with Gasteiger partial charge in [0.25, 0.3) is 0 Å². The number of aromatic nitrogens is 4. The molecule has 9 heteroatoms. The zero-order valence-corrected chi connectivity index (χ0v) is 14.9. The topological polar surface area (TPSA) is 75.6 Å². The van der Waals surface area contributed by atoms with Gasteiger partial charge in [0.05, 0.1) is 15.7 Å². The van der Waals surface area contributed by atoms with Gasteiger partial charge in [-0.25, -0.2) is 4.98 Å². The van der Waals surface area contributed by atoms with E-state index in [1.54, 1.807) is 29.0 Å². The van der Waals surface area contributed by atoms with Gasteiger partial charge in [0.2, 0.25) is 17.2 Å².